The van der Waals surface area contributed by atoms with Crippen LogP contribution in [0.5, 0.6) is 11.5 Å². The van der Waals surface area contributed by atoms with Crippen molar-refractivity contribution in [2.24, 2.45) is 11.8 Å². The van der Waals surface area contributed by atoms with Crippen molar-refractivity contribution in [1.29, 1.82) is 0 Å². The fourth-order valence-electron chi connectivity index (χ4n) is 4.60. The number of benzene rings is 1. The lowest BCUT2D eigenvalue weighted by molar-refractivity contribution is -0.148. The molecule has 32 heavy (non-hydrogen) atoms. The summed E-state index contributed by atoms with van der Waals surface area (Å²) in [6, 6.07) is 5.21. The van der Waals surface area contributed by atoms with E-state index in [0.717, 1.165) is 16.9 Å². The Morgan fingerprint density at radius 3 is 2.94 bits per heavy atom. The van der Waals surface area contributed by atoms with E-state index >= 15 is 0 Å². The number of hydrogen-bond acceptors (Lipinski definition) is 8. The maximum absolute atomic E-state index is 13.0. The Labute approximate surface area is 192 Å². The van der Waals surface area contributed by atoms with Crippen LogP contribution in [0.3, 0.4) is 0 Å². The number of amides is 2. The Balaban J connectivity index is 1.37. The van der Waals surface area contributed by atoms with E-state index in [0.29, 0.717) is 45.4 Å². The van der Waals surface area contributed by atoms with Gasteiger partial charge in [0.15, 0.2) is 15.5 Å². The Morgan fingerprint density at radius 2 is 2.12 bits per heavy atom. The number of anilines is 1. The number of thiazole rings is 1. The summed E-state index contributed by atoms with van der Waals surface area (Å²) in [4.78, 5) is 38.2. The average Bonchev–Trinajstić information content (AvgIpc) is 3.40. The van der Waals surface area contributed by atoms with Gasteiger partial charge in [-0.1, -0.05) is 17.4 Å². The van der Waals surface area contributed by atoms with Gasteiger partial charge in [-0.2, -0.15) is 0 Å². The Bertz CT molecular complexity index is 1170. The van der Waals surface area contributed by atoms with Gasteiger partial charge in [0.05, 0.1) is 18.9 Å². The molecule has 2 N–H and O–H groups in total. The number of ether oxygens (including phenoxy) is 3. The summed E-state index contributed by atoms with van der Waals surface area (Å²) < 4.78 is 17.9. The summed E-state index contributed by atoms with van der Waals surface area (Å²) in [5, 5.41) is 5.76. The first-order chi connectivity index (χ1) is 15.5. The minimum atomic E-state index is -0.327. The van der Waals surface area contributed by atoms with Gasteiger partial charge in [-0.3, -0.25) is 14.4 Å². The maximum atomic E-state index is 13.0. The second-order valence-corrected chi connectivity index (χ2v) is 9.63. The highest BCUT2D eigenvalue weighted by molar-refractivity contribution is 7.73. The highest BCUT2D eigenvalue weighted by Crippen LogP contribution is 2.45. The van der Waals surface area contributed by atoms with Crippen molar-refractivity contribution >= 4 is 47.2 Å². The molecule has 1 saturated carbocycles. The van der Waals surface area contributed by atoms with Crippen LogP contribution in [-0.2, 0) is 20.9 Å². The lowest BCUT2D eigenvalue weighted by atomic mass is 9.76. The van der Waals surface area contributed by atoms with E-state index in [4.69, 9.17) is 26.4 Å². The largest absolute Gasteiger partial charge is 0.469 e. The summed E-state index contributed by atoms with van der Waals surface area (Å²) >= 11 is 6.71. The molecule has 3 atom stereocenters. The molecule has 9 nitrogen and oxygen atoms in total. The molecule has 168 valence electrons. The van der Waals surface area contributed by atoms with E-state index < -0.39 is 0 Å². The van der Waals surface area contributed by atoms with Crippen molar-refractivity contribution < 1.29 is 28.6 Å². The number of fused-ring (bicyclic) bond motifs is 4. The topological polar surface area (TPSA) is 108 Å². The van der Waals surface area contributed by atoms with Crippen molar-refractivity contribution in [3.63, 3.8) is 0 Å². The third kappa shape index (κ3) is 3.55. The number of carbonyl (C=O) groups is 3. The van der Waals surface area contributed by atoms with Crippen molar-refractivity contribution in [2.45, 2.75) is 31.8 Å². The highest BCUT2D eigenvalue weighted by atomic mass is 32.1. The van der Waals surface area contributed by atoms with Crippen LogP contribution in [0.25, 0.3) is 0 Å². The Kier molecular flexibility index (Phi) is 5.38. The van der Waals surface area contributed by atoms with Crippen LogP contribution in [0, 0.1) is 15.8 Å². The fraction of sp³-hybridized carbons (Fsp3) is 0.429. The first-order valence-corrected chi connectivity index (χ1v) is 11.5. The summed E-state index contributed by atoms with van der Waals surface area (Å²) in [6.45, 7) is 0.466. The molecule has 1 aromatic heterocycles. The average molecular weight is 476 g/mol. The van der Waals surface area contributed by atoms with Crippen molar-refractivity contribution in [3.8, 4) is 11.5 Å². The number of rotatable bonds is 4. The van der Waals surface area contributed by atoms with Crippen LogP contribution < -0.4 is 20.1 Å². The van der Waals surface area contributed by atoms with E-state index in [1.54, 1.807) is 6.07 Å². The SMILES string of the molecule is COC(=O)C1CCC2C(=O)Nc3c(C(=O)NCc4ccc5c(c4)OCO5)sc(=S)n3C2C1. The van der Waals surface area contributed by atoms with Crippen LogP contribution >= 0.6 is 23.6 Å². The number of aromatic nitrogens is 1. The molecule has 3 aliphatic rings. The van der Waals surface area contributed by atoms with E-state index in [9.17, 15) is 14.4 Å². The normalized spacial score (nSPS) is 23.0. The van der Waals surface area contributed by atoms with Gasteiger partial charge in [-0.25, -0.2) is 0 Å². The molecule has 3 heterocycles. The summed E-state index contributed by atoms with van der Waals surface area (Å²) in [7, 11) is 1.37. The van der Waals surface area contributed by atoms with Gasteiger partial charge in [0, 0.05) is 12.6 Å². The smallest absolute Gasteiger partial charge is 0.308 e. The van der Waals surface area contributed by atoms with E-state index in [1.165, 1.54) is 7.11 Å². The number of nitrogens with zero attached hydrogens (tertiary/aromatic N) is 1. The fourth-order valence-corrected chi connectivity index (χ4v) is 5.99. The first kappa shape index (κ1) is 21.0. The van der Waals surface area contributed by atoms with Crippen LogP contribution in [0.15, 0.2) is 18.2 Å². The molecule has 0 radical (unpaired) electrons. The van der Waals surface area contributed by atoms with Crippen LogP contribution in [-0.4, -0.2) is 36.3 Å². The zero-order valence-corrected chi connectivity index (χ0v) is 18.8. The Morgan fingerprint density at radius 1 is 1.31 bits per heavy atom. The second kappa shape index (κ2) is 8.21. The summed E-state index contributed by atoms with van der Waals surface area (Å²) in [5.41, 5.74) is 0.858. The number of carbonyl (C=O) groups excluding carboxylic acids is 3. The summed E-state index contributed by atoms with van der Waals surface area (Å²) in [5.74, 6) is 0.403. The maximum Gasteiger partial charge on any atom is 0.308 e. The molecular formula is C21H21N3O6S2. The molecule has 0 bridgehead atoms. The number of hydrogen-bond donors (Lipinski definition) is 2. The molecule has 1 aromatic carbocycles. The van der Waals surface area contributed by atoms with Gasteiger partial charge in [-0.05, 0) is 49.2 Å². The predicted octanol–water partition coefficient (Wildman–Crippen LogP) is 3.02. The number of nitrogens with one attached hydrogen (secondary N) is 2. The van der Waals surface area contributed by atoms with Gasteiger partial charge in [0.1, 0.15) is 10.7 Å². The molecule has 1 fully saturated rings. The van der Waals surface area contributed by atoms with Crippen molar-refractivity contribution in [2.75, 3.05) is 19.2 Å². The predicted molar refractivity (Wildman–Crippen MR) is 117 cm³/mol. The summed E-state index contributed by atoms with van der Waals surface area (Å²) in [6.07, 6.45) is 1.62. The number of esters is 1. The van der Waals surface area contributed by atoms with E-state index in [1.807, 2.05) is 16.7 Å². The molecule has 2 amide bonds. The molecule has 2 aromatic rings. The van der Waals surface area contributed by atoms with Crippen LogP contribution in [0.4, 0.5) is 5.82 Å². The second-order valence-electron chi connectivity index (χ2n) is 7.98. The van der Waals surface area contributed by atoms with Gasteiger partial charge in [-0.15, -0.1) is 0 Å². The standard InChI is InChI=1S/C21H21N3O6S2/c1-28-20(27)11-3-4-12-13(7-11)24-17(23-18(12)25)16(32-21(24)31)19(26)22-8-10-2-5-14-15(6-10)30-9-29-14/h2,5-6,11-13H,3-4,7-9H2,1H3,(H,22,26)(H,23,25). The van der Waals surface area contributed by atoms with Crippen LogP contribution in [0.2, 0.25) is 0 Å². The minimum Gasteiger partial charge on any atom is -0.469 e. The molecule has 3 unspecified atom stereocenters. The molecular weight excluding hydrogens is 454 g/mol. The monoisotopic (exact) mass is 475 g/mol. The quantitative estimate of drug-likeness (QED) is 0.517. The molecule has 1 aliphatic carbocycles. The molecule has 11 heteroatoms. The van der Waals surface area contributed by atoms with Crippen molar-refractivity contribution in [3.05, 3.63) is 32.6 Å². The molecule has 2 aliphatic heterocycles. The van der Waals surface area contributed by atoms with Gasteiger partial charge in [0.2, 0.25) is 12.7 Å². The van der Waals surface area contributed by atoms with Gasteiger partial charge >= 0.3 is 5.97 Å². The van der Waals surface area contributed by atoms with E-state index in [-0.39, 0.29) is 49.0 Å². The molecule has 0 spiro atoms. The molecule has 0 saturated heterocycles. The zero-order chi connectivity index (χ0) is 22.4. The van der Waals surface area contributed by atoms with Gasteiger partial charge in [0.25, 0.3) is 5.91 Å². The van der Waals surface area contributed by atoms with Gasteiger partial charge < -0.3 is 29.4 Å². The first-order valence-electron chi connectivity index (χ1n) is 10.3. The lowest BCUT2D eigenvalue weighted by Crippen LogP contribution is -2.42. The Hall–Kier alpha value is -2.92. The molecule has 5 rings (SSSR count). The highest BCUT2D eigenvalue weighted by Gasteiger charge is 2.44. The third-order valence-corrected chi connectivity index (χ3v) is 7.60. The lowest BCUT2D eigenvalue weighted by Gasteiger charge is -2.39. The zero-order valence-electron chi connectivity index (χ0n) is 17.2. The third-order valence-electron chi connectivity index (χ3n) is 6.20. The van der Waals surface area contributed by atoms with E-state index in [2.05, 4.69) is 10.6 Å². The van der Waals surface area contributed by atoms with Crippen molar-refractivity contribution in [1.82, 2.24) is 9.88 Å². The van der Waals surface area contributed by atoms with Crippen LogP contribution in [0.1, 0.15) is 40.5 Å². The minimum absolute atomic E-state index is 0.143. The number of methoxy groups -OCH3 is 1.